The summed E-state index contributed by atoms with van der Waals surface area (Å²) in [6.07, 6.45) is 0.0619. The van der Waals surface area contributed by atoms with E-state index in [1.807, 2.05) is 0 Å². The highest BCUT2D eigenvalue weighted by atomic mass is 16.5. The molecule has 0 saturated carbocycles. The maximum absolute atomic E-state index is 6.42. The van der Waals surface area contributed by atoms with Gasteiger partial charge in [0, 0.05) is 0 Å². The third-order valence-corrected chi connectivity index (χ3v) is 7.67. The summed E-state index contributed by atoms with van der Waals surface area (Å²) in [6, 6.07) is 26.4. The van der Waals surface area contributed by atoms with Crippen molar-refractivity contribution in [3.8, 4) is 45.3 Å². The highest BCUT2D eigenvalue weighted by Gasteiger charge is 2.52. The molecule has 0 atom stereocenters. The molecular weight excluding hydrogens is 508 g/mol. The van der Waals surface area contributed by atoms with Gasteiger partial charge in [0.05, 0.1) is 29.8 Å². The van der Waals surface area contributed by atoms with Gasteiger partial charge in [0.1, 0.15) is 0 Å². The lowest BCUT2D eigenvalue weighted by Crippen LogP contribution is -2.26. The molecule has 0 N–H and O–H groups in total. The quantitative estimate of drug-likeness (QED) is 0.190. The highest BCUT2D eigenvalue weighted by Crippen LogP contribution is 2.65. The van der Waals surface area contributed by atoms with Crippen molar-refractivity contribution in [2.24, 2.45) is 0 Å². The molecule has 4 nitrogen and oxygen atoms in total. The van der Waals surface area contributed by atoms with Gasteiger partial charge < -0.3 is 18.9 Å². The van der Waals surface area contributed by atoms with E-state index in [-0.39, 0.29) is 24.4 Å². The minimum absolute atomic E-state index is 0.00669. The maximum atomic E-state index is 6.42. The summed E-state index contributed by atoms with van der Waals surface area (Å²) in [7, 11) is 0. The second kappa shape index (κ2) is 10.2. The van der Waals surface area contributed by atoms with Gasteiger partial charge in [-0.2, -0.15) is 0 Å². The van der Waals surface area contributed by atoms with Crippen LogP contribution < -0.4 is 18.9 Å². The van der Waals surface area contributed by atoms with E-state index in [9.17, 15) is 0 Å². The molecule has 212 valence electrons. The first-order valence-electron chi connectivity index (χ1n) is 14.8. The Morgan fingerprint density at radius 2 is 0.707 bits per heavy atom. The minimum atomic E-state index is -0.533. The first kappa shape index (κ1) is 27.3. The lowest BCUT2D eigenvalue weighted by atomic mass is 9.70. The topological polar surface area (TPSA) is 36.9 Å². The fourth-order valence-electron chi connectivity index (χ4n) is 6.53. The van der Waals surface area contributed by atoms with Gasteiger partial charge in [-0.05, 0) is 124 Å². The van der Waals surface area contributed by atoms with Crippen molar-refractivity contribution >= 4 is 0 Å². The molecule has 4 heteroatoms. The number of hydrogen-bond acceptors (Lipinski definition) is 4. The molecule has 0 aromatic heterocycles. The van der Waals surface area contributed by atoms with Gasteiger partial charge >= 0.3 is 0 Å². The predicted octanol–water partition coefficient (Wildman–Crippen LogP) is 9.18. The van der Waals surface area contributed by atoms with Crippen molar-refractivity contribution in [2.45, 2.75) is 85.2 Å². The first-order chi connectivity index (χ1) is 19.6. The van der Waals surface area contributed by atoms with Crippen molar-refractivity contribution in [3.05, 3.63) is 95.1 Å². The summed E-state index contributed by atoms with van der Waals surface area (Å²) in [5.41, 5.74) is 9.14. The van der Waals surface area contributed by atoms with Gasteiger partial charge in [-0.1, -0.05) is 48.5 Å². The Kier molecular flexibility index (Phi) is 6.76. The molecule has 41 heavy (non-hydrogen) atoms. The van der Waals surface area contributed by atoms with E-state index in [4.69, 9.17) is 18.9 Å². The summed E-state index contributed by atoms with van der Waals surface area (Å²) in [5.74, 6) is 3.08. The molecule has 2 aliphatic carbocycles. The molecule has 0 heterocycles. The third-order valence-electron chi connectivity index (χ3n) is 7.67. The molecule has 4 aromatic carbocycles. The average molecular weight is 549 g/mol. The molecule has 6 rings (SSSR count). The summed E-state index contributed by atoms with van der Waals surface area (Å²) in [4.78, 5) is 0. The zero-order valence-corrected chi connectivity index (χ0v) is 25.4. The second-order valence-electron chi connectivity index (χ2n) is 12.2. The summed E-state index contributed by atoms with van der Waals surface area (Å²) in [5, 5.41) is 0. The van der Waals surface area contributed by atoms with Crippen LogP contribution in [0.15, 0.2) is 72.8 Å². The Morgan fingerprint density at radius 3 is 1.05 bits per heavy atom. The third kappa shape index (κ3) is 4.36. The number of ether oxygens (including phenoxy) is 4. The molecule has 0 aliphatic heterocycles. The average Bonchev–Trinajstić information content (AvgIpc) is 3.34. The molecule has 2 aliphatic rings. The van der Waals surface area contributed by atoms with Gasteiger partial charge in [-0.15, -0.1) is 0 Å². The van der Waals surface area contributed by atoms with Crippen LogP contribution in [-0.2, 0) is 5.41 Å². The predicted molar refractivity (Wildman–Crippen MR) is 166 cm³/mol. The number of hydrogen-bond donors (Lipinski definition) is 0. The van der Waals surface area contributed by atoms with E-state index in [2.05, 4.69) is 128 Å². The van der Waals surface area contributed by atoms with Crippen molar-refractivity contribution in [2.75, 3.05) is 0 Å². The van der Waals surface area contributed by atoms with Crippen LogP contribution in [0, 0.1) is 0 Å². The molecule has 0 amide bonds. The van der Waals surface area contributed by atoms with E-state index < -0.39 is 5.41 Å². The lowest BCUT2D eigenvalue weighted by molar-refractivity contribution is 0.198. The molecule has 0 bridgehead atoms. The second-order valence-corrected chi connectivity index (χ2v) is 12.2. The van der Waals surface area contributed by atoms with Gasteiger partial charge in [-0.3, -0.25) is 0 Å². The SMILES string of the molecule is CC(C)Oc1cc2c(cc1OC(C)C)C1(c3ccccc3-2)c2ccccc2-c2cc(OC(C)C)c(OC(C)C)cc21. The van der Waals surface area contributed by atoms with Crippen LogP contribution in [0.1, 0.15) is 77.6 Å². The van der Waals surface area contributed by atoms with E-state index in [1.54, 1.807) is 0 Å². The van der Waals surface area contributed by atoms with Crippen molar-refractivity contribution in [3.63, 3.8) is 0 Å². The van der Waals surface area contributed by atoms with Crippen LogP contribution in [0.2, 0.25) is 0 Å². The molecule has 0 unspecified atom stereocenters. The minimum Gasteiger partial charge on any atom is -0.487 e. The van der Waals surface area contributed by atoms with Crippen molar-refractivity contribution in [1.82, 2.24) is 0 Å². The van der Waals surface area contributed by atoms with Gasteiger partial charge in [-0.25, -0.2) is 0 Å². The summed E-state index contributed by atoms with van der Waals surface area (Å²) >= 11 is 0. The Labute approximate surface area is 244 Å². The van der Waals surface area contributed by atoms with Gasteiger partial charge in [0.15, 0.2) is 23.0 Å². The van der Waals surface area contributed by atoms with Crippen molar-refractivity contribution in [1.29, 1.82) is 0 Å². The fraction of sp³-hybridized carbons (Fsp3) is 0.351. The first-order valence-corrected chi connectivity index (χ1v) is 14.8. The molecule has 1 spiro atoms. The number of rotatable bonds is 8. The van der Waals surface area contributed by atoms with Gasteiger partial charge in [0.2, 0.25) is 0 Å². The van der Waals surface area contributed by atoms with E-state index in [0.29, 0.717) is 0 Å². The van der Waals surface area contributed by atoms with E-state index in [0.717, 1.165) is 23.0 Å². The van der Waals surface area contributed by atoms with Crippen LogP contribution in [0.3, 0.4) is 0 Å². The Bertz CT molecular complexity index is 1490. The molecule has 0 saturated heterocycles. The van der Waals surface area contributed by atoms with Crippen LogP contribution in [0.5, 0.6) is 23.0 Å². The van der Waals surface area contributed by atoms with Crippen LogP contribution in [0.4, 0.5) is 0 Å². The molecule has 0 fully saturated rings. The van der Waals surface area contributed by atoms with Crippen LogP contribution in [0.25, 0.3) is 22.3 Å². The molecular formula is C37H40O4. The largest absolute Gasteiger partial charge is 0.487 e. The monoisotopic (exact) mass is 548 g/mol. The lowest BCUT2D eigenvalue weighted by Gasteiger charge is -2.31. The maximum Gasteiger partial charge on any atom is 0.162 e. The summed E-state index contributed by atoms with van der Waals surface area (Å²) in [6.45, 7) is 16.4. The van der Waals surface area contributed by atoms with Crippen LogP contribution >= 0.6 is 0 Å². The summed E-state index contributed by atoms with van der Waals surface area (Å²) < 4.78 is 25.5. The zero-order valence-electron chi connectivity index (χ0n) is 25.4. The van der Waals surface area contributed by atoms with Crippen LogP contribution in [-0.4, -0.2) is 24.4 Å². The Hall–Kier alpha value is -3.92. The van der Waals surface area contributed by atoms with E-state index >= 15 is 0 Å². The normalized spacial score (nSPS) is 14.0. The van der Waals surface area contributed by atoms with Crippen molar-refractivity contribution < 1.29 is 18.9 Å². The highest BCUT2D eigenvalue weighted by molar-refractivity contribution is 5.96. The van der Waals surface area contributed by atoms with E-state index in [1.165, 1.54) is 44.5 Å². The Morgan fingerprint density at radius 1 is 0.390 bits per heavy atom. The number of benzene rings is 4. The standard InChI is InChI=1S/C37H40O4/c1-21(2)38-33-17-27-25-13-9-11-15-29(25)37(31(27)19-35(33)40-23(5)6)30-16-12-10-14-26(30)28-18-34(39-22(3)4)36(20-32(28)37)41-24(7)8/h9-24H,1-8H3. The molecule has 0 radical (unpaired) electrons. The fourth-order valence-corrected chi connectivity index (χ4v) is 6.53. The zero-order chi connectivity index (χ0) is 29.1. The number of fused-ring (bicyclic) bond motifs is 10. The molecule has 4 aromatic rings. The van der Waals surface area contributed by atoms with Gasteiger partial charge in [0.25, 0.3) is 0 Å². The Balaban J connectivity index is 1.72. The smallest absolute Gasteiger partial charge is 0.162 e.